The van der Waals surface area contributed by atoms with Crippen LogP contribution in [0.15, 0.2) is 42.5 Å². The maximum absolute atomic E-state index is 12.8. The fraction of sp³-hybridized carbons (Fsp3) is 0.389. The lowest BCUT2D eigenvalue weighted by molar-refractivity contribution is -0.160. The van der Waals surface area contributed by atoms with Gasteiger partial charge in [0.05, 0.1) is 12.2 Å². The molecule has 0 fully saturated rings. The highest BCUT2D eigenvalue weighted by atomic mass is 16.5. The summed E-state index contributed by atoms with van der Waals surface area (Å²) >= 11 is 0. The van der Waals surface area contributed by atoms with Gasteiger partial charge in [-0.1, -0.05) is 24.3 Å². The van der Waals surface area contributed by atoms with E-state index in [4.69, 9.17) is 20.2 Å². The Morgan fingerprint density at radius 3 is 2.42 bits per heavy atom. The van der Waals surface area contributed by atoms with Gasteiger partial charge in [-0.25, -0.2) is 19.7 Å². The number of aryl methyl sites for hydroxylation is 4. The highest BCUT2D eigenvalue weighted by Crippen LogP contribution is 2.45. The minimum absolute atomic E-state index is 0.351. The van der Waals surface area contributed by atoms with Crippen LogP contribution < -0.4 is 15.4 Å². The molecule has 0 amide bonds. The molecular weight excluding hydrogens is 566 g/mol. The van der Waals surface area contributed by atoms with Crippen molar-refractivity contribution in [3.05, 3.63) is 81.9 Å². The van der Waals surface area contributed by atoms with E-state index in [9.17, 15) is 9.90 Å². The Bertz CT molecular complexity index is 1780. The molecule has 0 saturated heterocycles. The summed E-state index contributed by atoms with van der Waals surface area (Å²) in [7, 11) is 0. The number of aliphatic carboxylic acids is 1. The minimum Gasteiger partial charge on any atom is -0.493 e. The third kappa shape index (κ3) is 6.22. The summed E-state index contributed by atoms with van der Waals surface area (Å²) in [6.45, 7) is 13.5. The van der Waals surface area contributed by atoms with Crippen molar-refractivity contribution in [2.75, 3.05) is 23.8 Å². The zero-order valence-corrected chi connectivity index (χ0v) is 26.9. The van der Waals surface area contributed by atoms with Gasteiger partial charge in [-0.3, -0.25) is 0 Å². The van der Waals surface area contributed by atoms with Gasteiger partial charge in [0.25, 0.3) is 0 Å². The van der Waals surface area contributed by atoms with Crippen molar-refractivity contribution in [3.8, 4) is 28.0 Å². The van der Waals surface area contributed by atoms with Crippen LogP contribution in [0.2, 0.25) is 0 Å². The number of nitrogens with two attached hydrogens (primary N) is 1. The number of nitrogens with zero attached hydrogens (tertiary/aromatic N) is 4. The zero-order valence-electron chi connectivity index (χ0n) is 26.9. The zero-order chi connectivity index (χ0) is 32.0. The molecule has 0 aliphatic carbocycles. The molecule has 6 rings (SSSR count). The number of hydrogen-bond donors (Lipinski definition) is 2. The van der Waals surface area contributed by atoms with E-state index in [1.54, 1.807) is 6.92 Å². The highest BCUT2D eigenvalue weighted by Gasteiger charge is 2.34. The largest absolute Gasteiger partial charge is 0.493 e. The Morgan fingerprint density at radius 1 is 0.956 bits per heavy atom. The average Bonchev–Trinajstić information content (AvgIpc) is 2.98. The second-order valence-corrected chi connectivity index (χ2v) is 13.0. The van der Waals surface area contributed by atoms with Gasteiger partial charge in [0.1, 0.15) is 23.2 Å². The Balaban J connectivity index is 1.51. The summed E-state index contributed by atoms with van der Waals surface area (Å²) < 4.78 is 12.1. The predicted octanol–water partition coefficient (Wildman–Crippen LogP) is 6.54. The maximum atomic E-state index is 12.8. The molecule has 2 aromatic heterocycles. The quantitative estimate of drug-likeness (QED) is 0.251. The van der Waals surface area contributed by atoms with Crippen molar-refractivity contribution in [2.45, 2.75) is 79.1 Å². The van der Waals surface area contributed by atoms with Crippen molar-refractivity contribution in [3.63, 3.8) is 0 Å². The first-order chi connectivity index (χ1) is 21.4. The monoisotopic (exact) mass is 607 g/mol. The molecule has 9 nitrogen and oxygen atoms in total. The van der Waals surface area contributed by atoms with Gasteiger partial charge in [0.2, 0.25) is 0 Å². The summed E-state index contributed by atoms with van der Waals surface area (Å²) in [5.74, 6) is 1.84. The normalized spacial score (nSPS) is 15.2. The third-order valence-corrected chi connectivity index (χ3v) is 8.39. The Labute approximate surface area is 264 Å². The molecule has 2 aliphatic heterocycles. The van der Waals surface area contributed by atoms with E-state index >= 15 is 0 Å². The lowest BCUT2D eigenvalue weighted by atomic mass is 9.85. The third-order valence-electron chi connectivity index (χ3n) is 8.39. The number of carboxylic acids is 1. The summed E-state index contributed by atoms with van der Waals surface area (Å²) in [6, 6.07) is 14.5. The molecule has 4 heterocycles. The van der Waals surface area contributed by atoms with Gasteiger partial charge in [0.15, 0.2) is 6.10 Å². The second-order valence-electron chi connectivity index (χ2n) is 13.0. The SMILES string of the molecule is Cc1cc(N2CCc3cc(-c4c(N)nc(C)c(C(OC(C)(C)C)C(=O)O)c4-c4ccc5c(c4)CCCO5)ccc3C2)nc(C)n1. The van der Waals surface area contributed by atoms with Gasteiger partial charge in [0, 0.05) is 47.2 Å². The van der Waals surface area contributed by atoms with Gasteiger partial charge >= 0.3 is 5.97 Å². The van der Waals surface area contributed by atoms with Crippen LogP contribution in [-0.4, -0.2) is 44.8 Å². The number of pyridine rings is 1. The van der Waals surface area contributed by atoms with E-state index in [0.29, 0.717) is 29.2 Å². The Kier molecular flexibility index (Phi) is 7.99. The maximum Gasteiger partial charge on any atom is 0.337 e. The number of rotatable bonds is 6. The number of nitrogen functional groups attached to an aromatic ring is 1. The number of carbonyl (C=O) groups is 1. The fourth-order valence-electron chi connectivity index (χ4n) is 6.52. The van der Waals surface area contributed by atoms with Gasteiger partial charge in [-0.05, 0) is 101 Å². The van der Waals surface area contributed by atoms with E-state index < -0.39 is 17.7 Å². The van der Waals surface area contributed by atoms with E-state index in [1.165, 1.54) is 11.1 Å². The number of ether oxygens (including phenoxy) is 2. The highest BCUT2D eigenvalue weighted by molar-refractivity contribution is 5.95. The minimum atomic E-state index is -1.25. The lowest BCUT2D eigenvalue weighted by Gasteiger charge is -2.31. The van der Waals surface area contributed by atoms with Crippen LogP contribution >= 0.6 is 0 Å². The number of aromatic nitrogens is 3. The Morgan fingerprint density at radius 2 is 1.69 bits per heavy atom. The van der Waals surface area contributed by atoms with Crippen LogP contribution in [0.25, 0.3) is 22.3 Å². The summed E-state index contributed by atoms with van der Waals surface area (Å²) in [5.41, 5.74) is 14.8. The smallest absolute Gasteiger partial charge is 0.337 e. The molecule has 4 aromatic rings. The van der Waals surface area contributed by atoms with Gasteiger partial charge in [-0.15, -0.1) is 0 Å². The van der Waals surface area contributed by atoms with Crippen molar-refractivity contribution in [1.82, 2.24) is 15.0 Å². The van der Waals surface area contributed by atoms with Gasteiger partial charge < -0.3 is 25.2 Å². The first kappa shape index (κ1) is 30.5. The molecule has 0 spiro atoms. The summed E-state index contributed by atoms with van der Waals surface area (Å²) in [5, 5.41) is 10.5. The number of benzene rings is 2. The average molecular weight is 608 g/mol. The molecule has 2 aromatic carbocycles. The van der Waals surface area contributed by atoms with Crippen molar-refractivity contribution in [2.24, 2.45) is 0 Å². The van der Waals surface area contributed by atoms with Crippen LogP contribution in [0.1, 0.15) is 72.8 Å². The molecule has 0 saturated carbocycles. The molecule has 0 bridgehead atoms. The molecule has 234 valence electrons. The first-order valence-electron chi connectivity index (χ1n) is 15.5. The standard InChI is InChI=1S/C36H41N5O4/c1-20-16-29(40-22(3)38-20)41-14-13-23-17-26(9-10-27(23)19-41)32-31(25-11-12-28-24(18-25)8-7-15-44-28)30(21(2)39-34(32)37)33(35(42)43)45-36(4,5)6/h9-12,16-18,33H,7-8,13-15,19H2,1-6H3,(H2,37,39)(H,42,43). The summed E-state index contributed by atoms with van der Waals surface area (Å²) in [4.78, 5) is 29.0. The molecular formula is C36H41N5O4. The molecule has 2 aliphatic rings. The van der Waals surface area contributed by atoms with Crippen LogP contribution in [0.4, 0.5) is 11.6 Å². The van der Waals surface area contributed by atoms with E-state index in [-0.39, 0.29) is 0 Å². The van der Waals surface area contributed by atoms with Crippen LogP contribution in [0, 0.1) is 20.8 Å². The number of carboxylic acid groups (broad SMARTS) is 1. The topological polar surface area (TPSA) is 124 Å². The number of fused-ring (bicyclic) bond motifs is 2. The molecule has 9 heteroatoms. The lowest BCUT2D eigenvalue weighted by Crippen LogP contribution is -2.31. The van der Waals surface area contributed by atoms with E-state index in [0.717, 1.165) is 77.7 Å². The molecule has 0 radical (unpaired) electrons. The second kappa shape index (κ2) is 11.8. The van der Waals surface area contributed by atoms with E-state index in [2.05, 4.69) is 39.1 Å². The number of hydrogen-bond acceptors (Lipinski definition) is 8. The van der Waals surface area contributed by atoms with Crippen LogP contribution in [-0.2, 0) is 28.9 Å². The molecule has 45 heavy (non-hydrogen) atoms. The van der Waals surface area contributed by atoms with E-state index in [1.807, 2.05) is 52.8 Å². The summed E-state index contributed by atoms with van der Waals surface area (Å²) in [6.07, 6.45) is 1.39. The molecule has 3 N–H and O–H groups in total. The van der Waals surface area contributed by atoms with Crippen molar-refractivity contribution < 1.29 is 19.4 Å². The Hall–Kier alpha value is -4.50. The first-order valence-corrected chi connectivity index (χ1v) is 15.5. The van der Waals surface area contributed by atoms with Crippen molar-refractivity contribution in [1.29, 1.82) is 0 Å². The molecule has 1 unspecified atom stereocenters. The van der Waals surface area contributed by atoms with Crippen LogP contribution in [0.5, 0.6) is 5.75 Å². The molecule has 1 atom stereocenters. The number of anilines is 2. The predicted molar refractivity (Wildman–Crippen MR) is 176 cm³/mol. The van der Waals surface area contributed by atoms with Crippen molar-refractivity contribution >= 4 is 17.6 Å². The van der Waals surface area contributed by atoms with Crippen LogP contribution in [0.3, 0.4) is 0 Å². The fourth-order valence-corrected chi connectivity index (χ4v) is 6.52. The van der Waals surface area contributed by atoms with Gasteiger partial charge in [-0.2, -0.15) is 0 Å².